The SMILES string of the molecule is CCN1CCC(OC(=O)Nc2c(C)cccc2Cl)C1. The fourth-order valence-corrected chi connectivity index (χ4v) is 2.52. The van der Waals surface area contributed by atoms with E-state index in [1.165, 1.54) is 0 Å². The number of ether oxygens (including phenoxy) is 1. The van der Waals surface area contributed by atoms with E-state index in [-0.39, 0.29) is 6.10 Å². The lowest BCUT2D eigenvalue weighted by Gasteiger charge is -2.15. The Morgan fingerprint density at radius 3 is 3.00 bits per heavy atom. The molecule has 1 aromatic carbocycles. The van der Waals surface area contributed by atoms with E-state index in [0.717, 1.165) is 31.6 Å². The molecule has 5 heteroatoms. The molecular formula is C14H19ClN2O2. The van der Waals surface area contributed by atoms with E-state index in [2.05, 4.69) is 17.1 Å². The number of nitrogens with zero attached hydrogens (tertiary/aromatic N) is 1. The second kappa shape index (κ2) is 6.26. The summed E-state index contributed by atoms with van der Waals surface area (Å²) >= 11 is 6.06. The van der Waals surface area contributed by atoms with E-state index >= 15 is 0 Å². The maximum atomic E-state index is 11.9. The fourth-order valence-electron chi connectivity index (χ4n) is 2.25. The van der Waals surface area contributed by atoms with Crippen LogP contribution in [0.5, 0.6) is 0 Å². The van der Waals surface area contributed by atoms with Gasteiger partial charge in [-0.1, -0.05) is 30.7 Å². The number of amides is 1. The van der Waals surface area contributed by atoms with Crippen LogP contribution in [0.1, 0.15) is 18.9 Å². The number of halogens is 1. The molecule has 104 valence electrons. The number of rotatable bonds is 3. The lowest BCUT2D eigenvalue weighted by Crippen LogP contribution is -2.26. The van der Waals surface area contributed by atoms with Crippen LogP contribution in [0.25, 0.3) is 0 Å². The Hall–Kier alpha value is -1.26. The maximum Gasteiger partial charge on any atom is 0.411 e. The van der Waals surface area contributed by atoms with Crippen molar-refractivity contribution in [2.24, 2.45) is 0 Å². The van der Waals surface area contributed by atoms with Gasteiger partial charge in [0, 0.05) is 13.1 Å². The van der Waals surface area contributed by atoms with Gasteiger partial charge in [0.1, 0.15) is 6.10 Å². The summed E-state index contributed by atoms with van der Waals surface area (Å²) in [6.45, 7) is 6.79. The number of aryl methyl sites for hydroxylation is 1. The molecule has 2 rings (SSSR count). The molecule has 1 heterocycles. The van der Waals surface area contributed by atoms with Crippen molar-refractivity contribution in [3.8, 4) is 0 Å². The van der Waals surface area contributed by atoms with E-state index in [9.17, 15) is 4.79 Å². The molecule has 0 aromatic heterocycles. The van der Waals surface area contributed by atoms with Crippen LogP contribution in [0, 0.1) is 6.92 Å². The quantitative estimate of drug-likeness (QED) is 0.925. The number of likely N-dealkylation sites (N-methyl/N-ethyl adjacent to an activating group) is 1. The highest BCUT2D eigenvalue weighted by Crippen LogP contribution is 2.25. The summed E-state index contributed by atoms with van der Waals surface area (Å²) in [5.41, 5.74) is 1.55. The normalized spacial score (nSPS) is 19.4. The number of hydrogen-bond acceptors (Lipinski definition) is 3. The van der Waals surface area contributed by atoms with Gasteiger partial charge in [-0.2, -0.15) is 0 Å². The minimum atomic E-state index is -0.431. The third kappa shape index (κ3) is 3.61. The summed E-state index contributed by atoms with van der Waals surface area (Å²) in [4.78, 5) is 14.1. The maximum absolute atomic E-state index is 11.9. The average molecular weight is 283 g/mol. The number of carbonyl (C=O) groups is 1. The molecule has 4 nitrogen and oxygen atoms in total. The first-order valence-electron chi connectivity index (χ1n) is 6.55. The third-order valence-corrected chi connectivity index (χ3v) is 3.71. The highest BCUT2D eigenvalue weighted by Gasteiger charge is 2.24. The topological polar surface area (TPSA) is 41.6 Å². The van der Waals surface area contributed by atoms with E-state index in [0.29, 0.717) is 10.7 Å². The van der Waals surface area contributed by atoms with Crippen molar-refractivity contribution >= 4 is 23.4 Å². The molecule has 1 aliphatic rings. The van der Waals surface area contributed by atoms with Gasteiger partial charge in [0.2, 0.25) is 0 Å². The number of likely N-dealkylation sites (tertiary alicyclic amines) is 1. The van der Waals surface area contributed by atoms with Crippen molar-refractivity contribution in [2.45, 2.75) is 26.4 Å². The van der Waals surface area contributed by atoms with Crippen molar-refractivity contribution in [3.05, 3.63) is 28.8 Å². The van der Waals surface area contributed by atoms with Crippen molar-refractivity contribution in [1.82, 2.24) is 4.90 Å². The fraction of sp³-hybridized carbons (Fsp3) is 0.500. The molecule has 0 radical (unpaired) electrons. The molecule has 1 atom stereocenters. The highest BCUT2D eigenvalue weighted by atomic mass is 35.5. The van der Waals surface area contributed by atoms with Crippen molar-refractivity contribution < 1.29 is 9.53 Å². The van der Waals surface area contributed by atoms with Crippen LogP contribution in [0.3, 0.4) is 0 Å². The third-order valence-electron chi connectivity index (χ3n) is 3.40. The zero-order valence-corrected chi connectivity index (χ0v) is 12.0. The second-order valence-electron chi connectivity index (χ2n) is 4.77. The first kappa shape index (κ1) is 14.2. The van der Waals surface area contributed by atoms with E-state index in [1.807, 2.05) is 19.1 Å². The standard InChI is InChI=1S/C14H19ClN2O2/c1-3-17-8-7-11(9-17)19-14(18)16-13-10(2)5-4-6-12(13)15/h4-6,11H,3,7-9H2,1-2H3,(H,16,18). The first-order chi connectivity index (χ1) is 9.10. The number of hydrogen-bond donors (Lipinski definition) is 1. The Labute approximate surface area is 118 Å². The summed E-state index contributed by atoms with van der Waals surface area (Å²) in [5, 5.41) is 3.25. The Balaban J connectivity index is 1.91. The number of benzene rings is 1. The van der Waals surface area contributed by atoms with Gasteiger partial charge in [0.15, 0.2) is 0 Å². The van der Waals surface area contributed by atoms with Crippen LogP contribution in [0.2, 0.25) is 5.02 Å². The minimum Gasteiger partial charge on any atom is -0.445 e. The molecule has 0 bridgehead atoms. The number of carbonyl (C=O) groups excluding carboxylic acids is 1. The molecule has 1 N–H and O–H groups in total. The zero-order chi connectivity index (χ0) is 13.8. The van der Waals surface area contributed by atoms with Gasteiger partial charge in [-0.25, -0.2) is 4.79 Å². The van der Waals surface area contributed by atoms with Crippen LogP contribution < -0.4 is 5.32 Å². The van der Waals surface area contributed by atoms with Gasteiger partial charge in [0.05, 0.1) is 10.7 Å². The van der Waals surface area contributed by atoms with Crippen molar-refractivity contribution in [2.75, 3.05) is 25.0 Å². The Kier molecular flexibility index (Phi) is 4.66. The molecular weight excluding hydrogens is 264 g/mol. The molecule has 0 aliphatic carbocycles. The average Bonchev–Trinajstić information content (AvgIpc) is 2.81. The van der Waals surface area contributed by atoms with E-state index in [1.54, 1.807) is 6.07 Å². The molecule has 1 aliphatic heterocycles. The second-order valence-corrected chi connectivity index (χ2v) is 5.17. The van der Waals surface area contributed by atoms with E-state index in [4.69, 9.17) is 16.3 Å². The molecule has 1 fully saturated rings. The number of para-hydroxylation sites is 1. The Bertz CT molecular complexity index is 445. The van der Waals surface area contributed by atoms with Crippen LogP contribution in [0.15, 0.2) is 18.2 Å². The summed E-state index contributed by atoms with van der Waals surface area (Å²) in [6.07, 6.45) is 0.435. The molecule has 0 spiro atoms. The van der Waals surface area contributed by atoms with Gasteiger partial charge < -0.3 is 4.74 Å². The van der Waals surface area contributed by atoms with Gasteiger partial charge in [-0.15, -0.1) is 0 Å². The molecule has 1 unspecified atom stereocenters. The minimum absolute atomic E-state index is 0.0252. The van der Waals surface area contributed by atoms with Crippen molar-refractivity contribution in [1.29, 1.82) is 0 Å². The number of nitrogens with one attached hydrogen (secondary N) is 1. The number of anilines is 1. The smallest absolute Gasteiger partial charge is 0.411 e. The Morgan fingerprint density at radius 1 is 1.58 bits per heavy atom. The molecule has 1 amide bonds. The predicted octanol–water partition coefficient (Wildman–Crippen LogP) is 3.29. The highest BCUT2D eigenvalue weighted by molar-refractivity contribution is 6.33. The zero-order valence-electron chi connectivity index (χ0n) is 11.3. The van der Waals surface area contributed by atoms with Crippen LogP contribution in [0.4, 0.5) is 10.5 Å². The van der Waals surface area contributed by atoms with Crippen LogP contribution in [-0.4, -0.2) is 36.7 Å². The monoisotopic (exact) mass is 282 g/mol. The molecule has 19 heavy (non-hydrogen) atoms. The van der Waals surface area contributed by atoms with Gasteiger partial charge in [-0.05, 0) is 31.5 Å². The van der Waals surface area contributed by atoms with Gasteiger partial charge >= 0.3 is 6.09 Å². The predicted molar refractivity (Wildman–Crippen MR) is 76.8 cm³/mol. The van der Waals surface area contributed by atoms with Crippen LogP contribution >= 0.6 is 11.6 Å². The van der Waals surface area contributed by atoms with Gasteiger partial charge in [-0.3, -0.25) is 10.2 Å². The summed E-state index contributed by atoms with van der Waals surface area (Å²) in [5.74, 6) is 0. The lowest BCUT2D eigenvalue weighted by atomic mass is 10.2. The molecule has 1 saturated heterocycles. The molecule has 1 aromatic rings. The summed E-state index contributed by atoms with van der Waals surface area (Å²) in [6, 6.07) is 5.50. The van der Waals surface area contributed by atoms with Crippen molar-refractivity contribution in [3.63, 3.8) is 0 Å². The summed E-state index contributed by atoms with van der Waals surface area (Å²) < 4.78 is 5.41. The lowest BCUT2D eigenvalue weighted by molar-refractivity contribution is 0.114. The summed E-state index contributed by atoms with van der Waals surface area (Å²) in [7, 11) is 0. The van der Waals surface area contributed by atoms with Gasteiger partial charge in [0.25, 0.3) is 0 Å². The Morgan fingerprint density at radius 2 is 2.37 bits per heavy atom. The molecule has 0 saturated carbocycles. The van der Waals surface area contributed by atoms with Crippen LogP contribution in [-0.2, 0) is 4.74 Å². The first-order valence-corrected chi connectivity index (χ1v) is 6.93. The largest absolute Gasteiger partial charge is 0.445 e. The van der Waals surface area contributed by atoms with E-state index < -0.39 is 6.09 Å².